The summed E-state index contributed by atoms with van der Waals surface area (Å²) in [5, 5.41) is 14.9. The molecule has 36 heavy (non-hydrogen) atoms. The smallest absolute Gasteiger partial charge is 0.340 e. The molecule has 2 saturated carbocycles. The predicted molar refractivity (Wildman–Crippen MR) is 138 cm³/mol. The number of hydrogen-bond acceptors (Lipinski definition) is 9. The van der Waals surface area contributed by atoms with Crippen LogP contribution >= 0.6 is 0 Å². The molecule has 1 aromatic heterocycles. The minimum atomic E-state index is -0.459. The average Bonchev–Trinajstić information content (AvgIpc) is 2.89. The fourth-order valence-corrected chi connectivity index (χ4v) is 5.84. The Morgan fingerprint density at radius 3 is 1.50 bits per heavy atom. The number of rotatable bonds is 4. The van der Waals surface area contributed by atoms with Gasteiger partial charge in [-0.15, -0.1) is 0 Å². The summed E-state index contributed by atoms with van der Waals surface area (Å²) in [5.41, 5.74) is 1.91. The second-order valence-corrected chi connectivity index (χ2v) is 10.1. The van der Waals surface area contributed by atoms with Gasteiger partial charge in [-0.25, -0.2) is 9.59 Å². The molecule has 4 atom stereocenters. The van der Waals surface area contributed by atoms with Gasteiger partial charge in [0.2, 0.25) is 0 Å². The highest BCUT2D eigenvalue weighted by atomic mass is 16.5. The van der Waals surface area contributed by atoms with Crippen LogP contribution in [-0.4, -0.2) is 67.4 Å². The first-order chi connectivity index (χ1) is 17.6. The summed E-state index contributed by atoms with van der Waals surface area (Å²) in [6, 6.07) is 3.00. The maximum Gasteiger partial charge on any atom is 0.340 e. The van der Waals surface area contributed by atoms with Gasteiger partial charge in [-0.05, 0) is 45.6 Å². The Morgan fingerprint density at radius 1 is 0.722 bits per heavy atom. The summed E-state index contributed by atoms with van der Waals surface area (Å²) in [4.78, 5) is 30.7. The van der Waals surface area contributed by atoms with Crippen molar-refractivity contribution in [3.63, 3.8) is 0 Å². The second kappa shape index (κ2) is 13.5. The monoisotopic (exact) mass is 501 g/mol. The van der Waals surface area contributed by atoms with E-state index in [1.165, 1.54) is 25.7 Å². The zero-order chi connectivity index (χ0) is 25.3. The molecule has 0 aromatic carbocycles. The van der Waals surface area contributed by atoms with Crippen LogP contribution in [0.3, 0.4) is 0 Å². The van der Waals surface area contributed by atoms with E-state index in [4.69, 9.17) is 14.5 Å². The van der Waals surface area contributed by atoms with Crippen LogP contribution in [0.2, 0.25) is 0 Å². The third-order valence-corrected chi connectivity index (χ3v) is 7.70. The Hall–Kier alpha value is -2.07. The third kappa shape index (κ3) is 6.82. The molecule has 1 aliphatic heterocycles. The Labute approximate surface area is 214 Å². The number of aromatic nitrogens is 1. The van der Waals surface area contributed by atoms with Crippen LogP contribution in [0.1, 0.15) is 97.3 Å². The van der Waals surface area contributed by atoms with Gasteiger partial charge in [0, 0.05) is 50.3 Å². The molecule has 2 aliphatic carbocycles. The van der Waals surface area contributed by atoms with E-state index in [0.717, 1.165) is 38.8 Å². The molecule has 0 saturated heterocycles. The van der Waals surface area contributed by atoms with Crippen molar-refractivity contribution < 1.29 is 19.1 Å². The molecule has 1 aromatic rings. The van der Waals surface area contributed by atoms with Crippen LogP contribution < -0.4 is 21.3 Å². The highest BCUT2D eigenvalue weighted by Crippen LogP contribution is 2.23. The highest BCUT2D eigenvalue weighted by Gasteiger charge is 2.29. The van der Waals surface area contributed by atoms with Crippen LogP contribution in [0.15, 0.2) is 6.07 Å². The van der Waals surface area contributed by atoms with Gasteiger partial charge >= 0.3 is 11.9 Å². The maximum atomic E-state index is 12.9. The zero-order valence-corrected chi connectivity index (χ0v) is 21.9. The van der Waals surface area contributed by atoms with E-state index in [1.54, 1.807) is 19.9 Å². The van der Waals surface area contributed by atoms with Gasteiger partial charge in [-0.2, -0.15) is 0 Å². The van der Waals surface area contributed by atoms with Gasteiger partial charge < -0.3 is 30.7 Å². The molecule has 2 heterocycles. The van der Waals surface area contributed by atoms with Crippen molar-refractivity contribution in [1.29, 1.82) is 0 Å². The van der Waals surface area contributed by atoms with Crippen molar-refractivity contribution >= 4 is 11.9 Å². The summed E-state index contributed by atoms with van der Waals surface area (Å²) >= 11 is 0. The van der Waals surface area contributed by atoms with Crippen molar-refractivity contribution in [2.45, 2.75) is 102 Å². The third-order valence-electron chi connectivity index (χ3n) is 7.70. The first kappa shape index (κ1) is 27.0. The van der Waals surface area contributed by atoms with Gasteiger partial charge in [0.05, 0.1) is 35.7 Å². The molecule has 9 heteroatoms. The molecular weight excluding hydrogens is 458 g/mol. The van der Waals surface area contributed by atoms with Gasteiger partial charge in [-0.3, -0.25) is 4.98 Å². The largest absolute Gasteiger partial charge is 0.462 e. The van der Waals surface area contributed by atoms with Crippen molar-refractivity contribution in [1.82, 2.24) is 26.3 Å². The summed E-state index contributed by atoms with van der Waals surface area (Å²) in [5.74, 6) is -0.917. The van der Waals surface area contributed by atoms with Crippen LogP contribution in [-0.2, 0) is 22.6 Å². The van der Waals surface area contributed by atoms with E-state index >= 15 is 0 Å². The fourth-order valence-electron chi connectivity index (χ4n) is 5.84. The van der Waals surface area contributed by atoms with Gasteiger partial charge in [0.1, 0.15) is 0 Å². The molecule has 4 rings (SSSR count). The first-order valence-corrected chi connectivity index (χ1v) is 13.9. The van der Waals surface area contributed by atoms with Gasteiger partial charge in [0.15, 0.2) is 0 Å². The van der Waals surface area contributed by atoms with E-state index in [0.29, 0.717) is 59.8 Å². The molecule has 2 unspecified atom stereocenters. The lowest BCUT2D eigenvalue weighted by molar-refractivity contribution is 0.0522. The van der Waals surface area contributed by atoms with Gasteiger partial charge in [-0.1, -0.05) is 25.7 Å². The van der Waals surface area contributed by atoms with Crippen LogP contribution in [0.5, 0.6) is 0 Å². The van der Waals surface area contributed by atoms with Crippen LogP contribution in [0, 0.1) is 0 Å². The number of esters is 2. The summed E-state index contributed by atoms with van der Waals surface area (Å²) < 4.78 is 10.7. The standard InChI is InChI=1S/C27H43N5O4/c1-3-35-26(33)18-15-19(27(34)36-4-2)25-17-31-23-12-8-6-10-21(23)29-14-13-28-20-9-5-7-11-22(20)30-16-24(18)32-25/h15,20-23,28-31H,3-14,16-17H2,1-2H3/t20-,21?,22-,23?/m1/s1. The van der Waals surface area contributed by atoms with Gasteiger partial charge in [0.25, 0.3) is 0 Å². The quantitative estimate of drug-likeness (QED) is 0.462. The molecule has 3 aliphatic rings. The number of carbonyl (C=O) groups is 2. The van der Waals surface area contributed by atoms with E-state index in [-0.39, 0.29) is 13.2 Å². The Bertz CT molecular complexity index is 828. The van der Waals surface area contributed by atoms with E-state index in [1.807, 2.05) is 0 Å². The predicted octanol–water partition coefficient (Wildman–Crippen LogP) is 2.43. The average molecular weight is 502 g/mol. The van der Waals surface area contributed by atoms with E-state index in [9.17, 15) is 9.59 Å². The second-order valence-electron chi connectivity index (χ2n) is 10.1. The maximum absolute atomic E-state index is 12.9. The molecule has 2 bridgehead atoms. The number of carbonyl (C=O) groups excluding carboxylic acids is 2. The van der Waals surface area contributed by atoms with Crippen molar-refractivity contribution in [2.24, 2.45) is 0 Å². The SMILES string of the molecule is CCOC(=O)c1cc(C(=O)OCC)c2nc1CNC1CCCCC1NCCN[C@@H]1CCCC[C@H]1NC2. The zero-order valence-electron chi connectivity index (χ0n) is 21.9. The molecule has 4 N–H and O–H groups in total. The van der Waals surface area contributed by atoms with Crippen molar-refractivity contribution in [3.05, 3.63) is 28.6 Å². The molecule has 200 valence electrons. The summed E-state index contributed by atoms with van der Waals surface area (Å²) in [6.07, 6.45) is 9.26. The summed E-state index contributed by atoms with van der Waals surface area (Å²) in [7, 11) is 0. The number of hydrogen-bond donors (Lipinski definition) is 4. The molecule has 0 spiro atoms. The number of nitrogens with zero attached hydrogens (tertiary/aromatic N) is 1. The Kier molecular flexibility index (Phi) is 10.1. The lowest BCUT2D eigenvalue weighted by Crippen LogP contribution is -2.53. The molecular formula is C27H43N5O4. The number of fused-ring (bicyclic) bond motifs is 4. The number of ether oxygens (including phenoxy) is 2. The van der Waals surface area contributed by atoms with Crippen LogP contribution in [0.25, 0.3) is 0 Å². The number of nitrogens with one attached hydrogen (secondary N) is 4. The van der Waals surface area contributed by atoms with Crippen molar-refractivity contribution in [2.75, 3.05) is 26.3 Å². The van der Waals surface area contributed by atoms with E-state index in [2.05, 4.69) is 21.3 Å². The minimum Gasteiger partial charge on any atom is -0.462 e. The Morgan fingerprint density at radius 2 is 1.11 bits per heavy atom. The molecule has 2 fully saturated rings. The summed E-state index contributed by atoms with van der Waals surface area (Å²) in [6.45, 7) is 6.82. The van der Waals surface area contributed by atoms with Crippen molar-refractivity contribution in [3.8, 4) is 0 Å². The number of pyridine rings is 1. The normalized spacial score (nSPS) is 27.5. The van der Waals surface area contributed by atoms with Crippen LogP contribution in [0.4, 0.5) is 0 Å². The molecule has 0 radical (unpaired) electrons. The van der Waals surface area contributed by atoms with E-state index < -0.39 is 11.9 Å². The first-order valence-electron chi connectivity index (χ1n) is 13.9. The lowest BCUT2D eigenvalue weighted by Gasteiger charge is -2.34. The Balaban J connectivity index is 1.69. The fraction of sp³-hybridized carbons (Fsp3) is 0.741. The highest BCUT2D eigenvalue weighted by molar-refractivity contribution is 5.96. The molecule has 9 nitrogen and oxygen atoms in total. The minimum absolute atomic E-state index is 0.258. The topological polar surface area (TPSA) is 114 Å². The lowest BCUT2D eigenvalue weighted by atomic mass is 9.89. The molecule has 0 amide bonds.